The average molecular weight is 276 g/mol. The fraction of sp³-hybridized carbons (Fsp3) is 0.467. The van der Waals surface area contributed by atoms with Crippen LogP contribution in [0.5, 0.6) is 5.75 Å². The third-order valence-corrected chi connectivity index (χ3v) is 3.52. The van der Waals surface area contributed by atoms with Crippen LogP contribution in [0.4, 0.5) is 0 Å². The van der Waals surface area contributed by atoms with Crippen LogP contribution >= 0.6 is 0 Å². The maximum Gasteiger partial charge on any atom is 0.243 e. The summed E-state index contributed by atoms with van der Waals surface area (Å²) in [5, 5.41) is 5.65. The number of piperidine rings is 1. The first-order valence-electron chi connectivity index (χ1n) is 6.84. The molecule has 2 amide bonds. The number of benzene rings is 1. The highest BCUT2D eigenvalue weighted by Crippen LogP contribution is 2.18. The monoisotopic (exact) mass is 276 g/mol. The van der Waals surface area contributed by atoms with Crippen LogP contribution in [0.1, 0.15) is 37.8 Å². The van der Waals surface area contributed by atoms with Crippen LogP contribution in [-0.2, 0) is 9.59 Å². The Morgan fingerprint density at radius 2 is 2.10 bits per heavy atom. The van der Waals surface area contributed by atoms with Gasteiger partial charge in [0.25, 0.3) is 0 Å². The van der Waals surface area contributed by atoms with Crippen molar-refractivity contribution in [1.29, 1.82) is 0 Å². The highest BCUT2D eigenvalue weighted by atomic mass is 16.5. The van der Waals surface area contributed by atoms with Crippen LogP contribution in [0.2, 0.25) is 0 Å². The molecule has 5 heteroatoms. The Kier molecular flexibility index (Phi) is 4.61. The van der Waals surface area contributed by atoms with Crippen LogP contribution in [0, 0.1) is 0 Å². The highest BCUT2D eigenvalue weighted by molar-refractivity contribution is 5.88. The summed E-state index contributed by atoms with van der Waals surface area (Å²) >= 11 is 0. The summed E-state index contributed by atoms with van der Waals surface area (Å²) in [4.78, 5) is 23.4. The maximum absolute atomic E-state index is 12.1. The van der Waals surface area contributed by atoms with E-state index in [1.165, 1.54) is 0 Å². The molecule has 1 unspecified atom stereocenters. The Morgan fingerprint density at radius 3 is 2.70 bits per heavy atom. The van der Waals surface area contributed by atoms with Gasteiger partial charge >= 0.3 is 0 Å². The molecule has 2 atom stereocenters. The third kappa shape index (κ3) is 3.50. The largest absolute Gasteiger partial charge is 0.497 e. The topological polar surface area (TPSA) is 67.4 Å². The molecule has 1 fully saturated rings. The molecule has 5 nitrogen and oxygen atoms in total. The number of ether oxygens (including phenoxy) is 1. The van der Waals surface area contributed by atoms with Gasteiger partial charge in [0, 0.05) is 6.42 Å². The minimum absolute atomic E-state index is 0.0477. The number of carbonyl (C=O) groups excluding carboxylic acids is 2. The van der Waals surface area contributed by atoms with Crippen molar-refractivity contribution in [3.05, 3.63) is 29.8 Å². The van der Waals surface area contributed by atoms with Crippen molar-refractivity contribution in [2.24, 2.45) is 0 Å². The number of methoxy groups -OCH3 is 1. The Balaban J connectivity index is 1.94. The molecule has 1 aliphatic rings. The summed E-state index contributed by atoms with van der Waals surface area (Å²) in [6.07, 6.45) is 1.98. The molecule has 108 valence electrons. The predicted octanol–water partition coefficient (Wildman–Crippen LogP) is 1.54. The number of nitrogens with one attached hydrogen (secondary N) is 2. The van der Waals surface area contributed by atoms with Crippen molar-refractivity contribution in [3.63, 3.8) is 0 Å². The molecule has 20 heavy (non-hydrogen) atoms. The molecule has 1 aliphatic heterocycles. The smallest absolute Gasteiger partial charge is 0.243 e. The number of hydrogen-bond acceptors (Lipinski definition) is 3. The van der Waals surface area contributed by atoms with Gasteiger partial charge in [0.1, 0.15) is 11.8 Å². The molecule has 2 N–H and O–H groups in total. The second-order valence-corrected chi connectivity index (χ2v) is 5.02. The highest BCUT2D eigenvalue weighted by Gasteiger charge is 2.25. The van der Waals surface area contributed by atoms with Crippen LogP contribution in [-0.4, -0.2) is 25.0 Å². The van der Waals surface area contributed by atoms with Gasteiger partial charge in [-0.25, -0.2) is 0 Å². The quantitative estimate of drug-likeness (QED) is 0.876. The summed E-state index contributed by atoms with van der Waals surface area (Å²) < 4.78 is 5.10. The lowest BCUT2D eigenvalue weighted by molar-refractivity contribution is -0.131. The Labute approximate surface area is 118 Å². The van der Waals surface area contributed by atoms with E-state index < -0.39 is 6.04 Å². The lowest BCUT2D eigenvalue weighted by Crippen LogP contribution is -2.49. The molecule has 0 aromatic heterocycles. The van der Waals surface area contributed by atoms with Crippen LogP contribution < -0.4 is 15.4 Å². The van der Waals surface area contributed by atoms with Crippen molar-refractivity contribution >= 4 is 11.8 Å². The van der Waals surface area contributed by atoms with E-state index >= 15 is 0 Å². The van der Waals surface area contributed by atoms with Gasteiger partial charge in [-0.05, 0) is 37.5 Å². The molecule has 0 bridgehead atoms. The fourth-order valence-electron chi connectivity index (χ4n) is 2.29. The molecular formula is C15H20N2O3. The second kappa shape index (κ2) is 6.41. The van der Waals surface area contributed by atoms with E-state index in [-0.39, 0.29) is 17.9 Å². The van der Waals surface area contributed by atoms with Crippen molar-refractivity contribution in [3.8, 4) is 5.75 Å². The van der Waals surface area contributed by atoms with E-state index in [0.29, 0.717) is 12.8 Å². The van der Waals surface area contributed by atoms with E-state index in [2.05, 4.69) is 10.6 Å². The summed E-state index contributed by atoms with van der Waals surface area (Å²) in [5.74, 6) is 0.613. The van der Waals surface area contributed by atoms with Gasteiger partial charge in [0.15, 0.2) is 0 Å². The number of hydrogen-bond donors (Lipinski definition) is 2. The predicted molar refractivity (Wildman–Crippen MR) is 75.3 cm³/mol. The first-order valence-corrected chi connectivity index (χ1v) is 6.84. The molecule has 1 saturated heterocycles. The molecule has 0 saturated carbocycles. The number of amides is 2. The van der Waals surface area contributed by atoms with E-state index in [0.717, 1.165) is 17.7 Å². The molecule has 0 spiro atoms. The zero-order chi connectivity index (χ0) is 14.5. The lowest BCUT2D eigenvalue weighted by Gasteiger charge is -2.24. The third-order valence-electron chi connectivity index (χ3n) is 3.52. The standard InChI is InChI=1S/C15H20N2O3/c1-10(11-6-8-12(20-2)9-7-11)16-15(19)13-4-3-5-14(18)17-13/h6-10,13H,3-5H2,1-2H3,(H,16,19)(H,17,18)/t10?,13-/m1/s1. The zero-order valence-electron chi connectivity index (χ0n) is 11.8. The normalized spacial score (nSPS) is 19.9. The van der Waals surface area contributed by atoms with Gasteiger partial charge in [-0.15, -0.1) is 0 Å². The molecule has 1 heterocycles. The van der Waals surface area contributed by atoms with E-state index in [1.54, 1.807) is 7.11 Å². The second-order valence-electron chi connectivity index (χ2n) is 5.02. The minimum atomic E-state index is -0.406. The van der Waals surface area contributed by atoms with E-state index in [4.69, 9.17) is 4.74 Å². The van der Waals surface area contributed by atoms with Crippen LogP contribution in [0.3, 0.4) is 0 Å². The number of rotatable bonds is 4. The van der Waals surface area contributed by atoms with Gasteiger partial charge in [0.05, 0.1) is 13.2 Å². The van der Waals surface area contributed by atoms with Gasteiger partial charge in [-0.2, -0.15) is 0 Å². The van der Waals surface area contributed by atoms with Crippen LogP contribution in [0.25, 0.3) is 0 Å². The van der Waals surface area contributed by atoms with Crippen LogP contribution in [0.15, 0.2) is 24.3 Å². The molecule has 1 aromatic carbocycles. The minimum Gasteiger partial charge on any atom is -0.497 e. The Morgan fingerprint density at radius 1 is 1.40 bits per heavy atom. The fourth-order valence-corrected chi connectivity index (χ4v) is 2.29. The summed E-state index contributed by atoms with van der Waals surface area (Å²) in [6.45, 7) is 1.92. The van der Waals surface area contributed by atoms with Gasteiger partial charge < -0.3 is 15.4 Å². The molecular weight excluding hydrogens is 256 g/mol. The lowest BCUT2D eigenvalue weighted by atomic mass is 10.0. The van der Waals surface area contributed by atoms with Crippen molar-refractivity contribution < 1.29 is 14.3 Å². The van der Waals surface area contributed by atoms with Gasteiger partial charge in [0.2, 0.25) is 11.8 Å². The Hall–Kier alpha value is -2.04. The summed E-state index contributed by atoms with van der Waals surface area (Å²) in [7, 11) is 1.62. The van der Waals surface area contributed by atoms with Crippen molar-refractivity contribution in [2.45, 2.75) is 38.3 Å². The van der Waals surface area contributed by atoms with Gasteiger partial charge in [-0.1, -0.05) is 12.1 Å². The molecule has 1 aromatic rings. The van der Waals surface area contributed by atoms with E-state index in [1.807, 2.05) is 31.2 Å². The maximum atomic E-state index is 12.1. The van der Waals surface area contributed by atoms with Crippen molar-refractivity contribution in [2.75, 3.05) is 7.11 Å². The first kappa shape index (κ1) is 14.4. The zero-order valence-corrected chi connectivity index (χ0v) is 11.8. The van der Waals surface area contributed by atoms with E-state index in [9.17, 15) is 9.59 Å². The average Bonchev–Trinajstić information content (AvgIpc) is 2.47. The summed E-state index contributed by atoms with van der Waals surface area (Å²) in [5.41, 5.74) is 1.00. The SMILES string of the molecule is COc1ccc(C(C)NC(=O)[C@H]2CCCC(=O)N2)cc1. The Bertz CT molecular complexity index is 484. The molecule has 0 radical (unpaired) electrons. The molecule has 0 aliphatic carbocycles. The summed E-state index contributed by atoms with van der Waals surface area (Å²) in [6, 6.07) is 7.05. The number of carbonyl (C=O) groups is 2. The van der Waals surface area contributed by atoms with Gasteiger partial charge in [-0.3, -0.25) is 9.59 Å². The van der Waals surface area contributed by atoms with Crippen molar-refractivity contribution in [1.82, 2.24) is 10.6 Å². The molecule has 2 rings (SSSR count). The first-order chi connectivity index (χ1) is 9.60.